The van der Waals surface area contributed by atoms with E-state index in [0.29, 0.717) is 6.04 Å². The second kappa shape index (κ2) is 6.21. The van der Waals surface area contributed by atoms with Gasteiger partial charge in [0.05, 0.1) is 0 Å². The highest BCUT2D eigenvalue weighted by molar-refractivity contribution is 5.58. The standard InChI is InChI=1S/C15H24N2O/c1-12(4-3-9-18)16-11-13-5-6-15-14(10-13)7-8-17(15)2/h5-6,10,12,16,18H,3-4,7-9,11H2,1-2H3. The van der Waals surface area contributed by atoms with Gasteiger partial charge in [-0.3, -0.25) is 0 Å². The third-order valence-corrected chi connectivity index (χ3v) is 3.72. The molecule has 0 saturated carbocycles. The van der Waals surface area contributed by atoms with Crippen molar-refractivity contribution in [3.8, 4) is 0 Å². The highest BCUT2D eigenvalue weighted by Crippen LogP contribution is 2.27. The largest absolute Gasteiger partial charge is 0.396 e. The van der Waals surface area contributed by atoms with Crippen molar-refractivity contribution in [1.29, 1.82) is 0 Å². The van der Waals surface area contributed by atoms with E-state index in [9.17, 15) is 0 Å². The summed E-state index contributed by atoms with van der Waals surface area (Å²) in [6.07, 6.45) is 3.08. The van der Waals surface area contributed by atoms with Crippen LogP contribution in [0.5, 0.6) is 0 Å². The van der Waals surface area contributed by atoms with Crippen LogP contribution in [0.2, 0.25) is 0 Å². The summed E-state index contributed by atoms with van der Waals surface area (Å²) in [5, 5.41) is 12.3. The Morgan fingerprint density at radius 1 is 1.44 bits per heavy atom. The molecule has 1 aliphatic rings. The number of fused-ring (bicyclic) bond motifs is 1. The van der Waals surface area contributed by atoms with Gasteiger partial charge in [-0.25, -0.2) is 0 Å². The van der Waals surface area contributed by atoms with Gasteiger partial charge >= 0.3 is 0 Å². The summed E-state index contributed by atoms with van der Waals surface area (Å²) < 4.78 is 0. The van der Waals surface area contributed by atoms with Gasteiger partial charge in [-0.05, 0) is 43.4 Å². The van der Waals surface area contributed by atoms with Crippen LogP contribution in [-0.2, 0) is 13.0 Å². The third-order valence-electron chi connectivity index (χ3n) is 3.72. The molecule has 3 heteroatoms. The number of nitrogens with zero attached hydrogens (tertiary/aromatic N) is 1. The lowest BCUT2D eigenvalue weighted by molar-refractivity contribution is 0.276. The van der Waals surface area contributed by atoms with E-state index in [0.717, 1.165) is 25.9 Å². The predicted molar refractivity (Wildman–Crippen MR) is 76.0 cm³/mol. The van der Waals surface area contributed by atoms with E-state index in [4.69, 9.17) is 5.11 Å². The van der Waals surface area contributed by atoms with Crippen LogP contribution >= 0.6 is 0 Å². The van der Waals surface area contributed by atoms with E-state index in [2.05, 4.69) is 42.4 Å². The van der Waals surface area contributed by atoms with Crippen molar-refractivity contribution in [2.75, 3.05) is 25.1 Å². The molecular weight excluding hydrogens is 224 g/mol. The molecule has 0 aliphatic carbocycles. The molecule has 0 spiro atoms. The molecule has 1 heterocycles. The molecule has 1 aliphatic heterocycles. The van der Waals surface area contributed by atoms with Crippen LogP contribution in [0, 0.1) is 0 Å². The van der Waals surface area contributed by atoms with Crippen LogP contribution < -0.4 is 10.2 Å². The van der Waals surface area contributed by atoms with Crippen molar-refractivity contribution >= 4 is 5.69 Å². The topological polar surface area (TPSA) is 35.5 Å². The van der Waals surface area contributed by atoms with Gasteiger partial charge in [0.25, 0.3) is 0 Å². The summed E-state index contributed by atoms with van der Waals surface area (Å²) in [5.41, 5.74) is 4.21. The summed E-state index contributed by atoms with van der Waals surface area (Å²) in [5.74, 6) is 0. The molecule has 1 aromatic rings. The first-order valence-corrected chi connectivity index (χ1v) is 6.88. The molecule has 2 rings (SSSR count). The molecule has 1 aromatic carbocycles. The van der Waals surface area contributed by atoms with E-state index in [-0.39, 0.29) is 6.61 Å². The second-order valence-corrected chi connectivity index (χ2v) is 5.28. The Labute approximate surface area is 110 Å². The number of hydrogen-bond donors (Lipinski definition) is 2. The fourth-order valence-corrected chi connectivity index (χ4v) is 2.52. The van der Waals surface area contributed by atoms with Gasteiger partial charge in [-0.2, -0.15) is 0 Å². The lowest BCUT2D eigenvalue weighted by atomic mass is 10.1. The van der Waals surface area contributed by atoms with Crippen molar-refractivity contribution in [3.63, 3.8) is 0 Å². The van der Waals surface area contributed by atoms with Gasteiger partial charge in [0.15, 0.2) is 0 Å². The van der Waals surface area contributed by atoms with Crippen LogP contribution in [0.25, 0.3) is 0 Å². The van der Waals surface area contributed by atoms with Gasteiger partial charge in [0, 0.05) is 38.5 Å². The van der Waals surface area contributed by atoms with Crippen LogP contribution in [0.15, 0.2) is 18.2 Å². The maximum atomic E-state index is 8.80. The molecule has 0 fully saturated rings. The first-order chi connectivity index (χ1) is 8.70. The summed E-state index contributed by atoms with van der Waals surface area (Å²) in [6.45, 7) is 4.52. The van der Waals surface area contributed by atoms with Gasteiger partial charge in [-0.15, -0.1) is 0 Å². The van der Waals surface area contributed by atoms with Crippen molar-refractivity contribution < 1.29 is 5.11 Å². The molecule has 0 bridgehead atoms. The number of benzene rings is 1. The van der Waals surface area contributed by atoms with E-state index < -0.39 is 0 Å². The zero-order valence-electron chi connectivity index (χ0n) is 11.4. The van der Waals surface area contributed by atoms with Crippen molar-refractivity contribution in [2.45, 2.75) is 38.8 Å². The number of nitrogens with one attached hydrogen (secondary N) is 1. The minimum Gasteiger partial charge on any atom is -0.396 e. The fraction of sp³-hybridized carbons (Fsp3) is 0.600. The molecule has 100 valence electrons. The van der Waals surface area contributed by atoms with Crippen LogP contribution in [0.1, 0.15) is 30.9 Å². The SMILES string of the molecule is CC(CCCO)NCc1ccc2c(c1)CCN2C. The first kappa shape index (κ1) is 13.4. The Kier molecular flexibility index (Phi) is 4.61. The van der Waals surface area contributed by atoms with E-state index in [1.807, 2.05) is 0 Å². The molecule has 1 unspecified atom stereocenters. The third kappa shape index (κ3) is 3.24. The fourth-order valence-electron chi connectivity index (χ4n) is 2.52. The molecule has 0 amide bonds. The van der Waals surface area contributed by atoms with Crippen molar-refractivity contribution in [3.05, 3.63) is 29.3 Å². The second-order valence-electron chi connectivity index (χ2n) is 5.28. The zero-order chi connectivity index (χ0) is 13.0. The Bertz CT molecular complexity index is 392. The van der Waals surface area contributed by atoms with Crippen molar-refractivity contribution in [2.24, 2.45) is 0 Å². The Morgan fingerprint density at radius 2 is 2.28 bits per heavy atom. The Balaban J connectivity index is 1.87. The average Bonchev–Trinajstić information content (AvgIpc) is 2.75. The lowest BCUT2D eigenvalue weighted by Crippen LogP contribution is -2.25. The molecule has 0 radical (unpaired) electrons. The maximum absolute atomic E-state index is 8.80. The molecule has 2 N–H and O–H groups in total. The number of likely N-dealkylation sites (N-methyl/N-ethyl adjacent to an activating group) is 1. The molecule has 1 atom stereocenters. The summed E-state index contributed by atoms with van der Waals surface area (Å²) in [4.78, 5) is 2.32. The monoisotopic (exact) mass is 248 g/mol. The molecule has 18 heavy (non-hydrogen) atoms. The number of anilines is 1. The highest BCUT2D eigenvalue weighted by Gasteiger charge is 2.15. The van der Waals surface area contributed by atoms with Gasteiger partial charge < -0.3 is 15.3 Å². The van der Waals surface area contributed by atoms with E-state index in [1.165, 1.54) is 23.2 Å². The van der Waals surface area contributed by atoms with Crippen LogP contribution in [0.3, 0.4) is 0 Å². The van der Waals surface area contributed by atoms with Crippen molar-refractivity contribution in [1.82, 2.24) is 5.32 Å². The highest BCUT2D eigenvalue weighted by atomic mass is 16.2. The van der Waals surface area contributed by atoms with Crippen LogP contribution in [-0.4, -0.2) is 31.3 Å². The maximum Gasteiger partial charge on any atom is 0.0431 e. The number of aliphatic hydroxyl groups is 1. The zero-order valence-corrected chi connectivity index (χ0v) is 11.4. The first-order valence-electron chi connectivity index (χ1n) is 6.88. The van der Waals surface area contributed by atoms with Gasteiger partial charge in [-0.1, -0.05) is 12.1 Å². The Morgan fingerprint density at radius 3 is 3.06 bits per heavy atom. The molecule has 0 aromatic heterocycles. The van der Waals surface area contributed by atoms with Crippen LogP contribution in [0.4, 0.5) is 5.69 Å². The molecule has 3 nitrogen and oxygen atoms in total. The van der Waals surface area contributed by atoms with Gasteiger partial charge in [0.1, 0.15) is 0 Å². The number of hydrogen-bond acceptors (Lipinski definition) is 3. The summed E-state index contributed by atoms with van der Waals surface area (Å²) in [6, 6.07) is 7.24. The molecular formula is C15H24N2O. The lowest BCUT2D eigenvalue weighted by Gasteiger charge is -2.15. The normalized spacial score (nSPS) is 15.8. The quantitative estimate of drug-likeness (QED) is 0.807. The number of aliphatic hydroxyl groups excluding tert-OH is 1. The van der Waals surface area contributed by atoms with E-state index in [1.54, 1.807) is 0 Å². The smallest absolute Gasteiger partial charge is 0.0431 e. The predicted octanol–water partition coefficient (Wildman–Crippen LogP) is 1.93. The average molecular weight is 248 g/mol. The summed E-state index contributed by atoms with van der Waals surface area (Å²) in [7, 11) is 2.15. The number of rotatable bonds is 6. The minimum absolute atomic E-state index is 0.289. The molecule has 0 saturated heterocycles. The van der Waals surface area contributed by atoms with Gasteiger partial charge in [0.2, 0.25) is 0 Å². The van der Waals surface area contributed by atoms with E-state index >= 15 is 0 Å². The Hall–Kier alpha value is -1.06. The minimum atomic E-state index is 0.289. The summed E-state index contributed by atoms with van der Waals surface area (Å²) >= 11 is 0.